The fourth-order valence-corrected chi connectivity index (χ4v) is 2.35. The van der Waals surface area contributed by atoms with Crippen LogP contribution >= 0.6 is 12.2 Å². The fourth-order valence-electron chi connectivity index (χ4n) is 2.14. The lowest BCUT2D eigenvalue weighted by Gasteiger charge is -2.14. The topological polar surface area (TPSA) is 79.8 Å². The van der Waals surface area contributed by atoms with Crippen LogP contribution in [0.4, 0.5) is 5.69 Å². The number of aromatic hydroxyl groups is 1. The van der Waals surface area contributed by atoms with Crippen LogP contribution in [0, 0.1) is 6.92 Å². The van der Waals surface area contributed by atoms with Crippen molar-refractivity contribution in [2.45, 2.75) is 6.92 Å². The van der Waals surface area contributed by atoms with Gasteiger partial charge in [0, 0.05) is 0 Å². The average molecular weight is 346 g/mol. The van der Waals surface area contributed by atoms with Crippen LogP contribution in [0.2, 0.25) is 0 Å². The Balaban J connectivity index is 2.18. The second-order valence-corrected chi connectivity index (χ2v) is 5.37. The van der Waals surface area contributed by atoms with Crippen molar-refractivity contribution < 1.29 is 19.4 Å². The molecule has 0 heterocycles. The van der Waals surface area contributed by atoms with Gasteiger partial charge in [-0.15, -0.1) is 0 Å². The van der Waals surface area contributed by atoms with Gasteiger partial charge in [0.1, 0.15) is 22.8 Å². The molecule has 0 aliphatic heterocycles. The van der Waals surface area contributed by atoms with Crippen LogP contribution < -0.4 is 20.1 Å². The third-order valence-electron chi connectivity index (χ3n) is 3.28. The van der Waals surface area contributed by atoms with Crippen molar-refractivity contribution in [3.8, 4) is 17.2 Å². The molecule has 0 spiro atoms. The summed E-state index contributed by atoms with van der Waals surface area (Å²) in [5.41, 5.74) is 1.59. The predicted molar refractivity (Wildman–Crippen MR) is 96.1 cm³/mol. The van der Waals surface area contributed by atoms with Crippen LogP contribution in [-0.4, -0.2) is 30.3 Å². The van der Waals surface area contributed by atoms with Crippen LogP contribution in [-0.2, 0) is 0 Å². The highest BCUT2D eigenvalue weighted by molar-refractivity contribution is 7.80. The number of carbonyl (C=O) groups is 1. The van der Waals surface area contributed by atoms with E-state index in [9.17, 15) is 9.90 Å². The Kier molecular flexibility index (Phi) is 5.59. The van der Waals surface area contributed by atoms with E-state index < -0.39 is 5.91 Å². The molecule has 0 saturated heterocycles. The van der Waals surface area contributed by atoms with Crippen molar-refractivity contribution in [3.63, 3.8) is 0 Å². The molecule has 2 aromatic carbocycles. The number of benzene rings is 2. The Hall–Kier alpha value is -2.80. The fraction of sp³-hybridized carbons (Fsp3) is 0.176. The third-order valence-corrected chi connectivity index (χ3v) is 3.49. The molecule has 0 aromatic heterocycles. The highest BCUT2D eigenvalue weighted by Gasteiger charge is 2.19. The minimum atomic E-state index is -0.478. The zero-order chi connectivity index (χ0) is 17.7. The number of aryl methyl sites for hydroxylation is 1. The highest BCUT2D eigenvalue weighted by atomic mass is 32.1. The zero-order valence-electron chi connectivity index (χ0n) is 13.5. The molecule has 2 aromatic rings. The van der Waals surface area contributed by atoms with Crippen LogP contribution in [0.5, 0.6) is 17.2 Å². The summed E-state index contributed by atoms with van der Waals surface area (Å²) in [6.45, 7) is 1.88. The van der Waals surface area contributed by atoms with E-state index >= 15 is 0 Å². The van der Waals surface area contributed by atoms with Crippen LogP contribution in [0.1, 0.15) is 15.9 Å². The first-order valence-electron chi connectivity index (χ1n) is 7.09. The molecular weight excluding hydrogens is 328 g/mol. The molecule has 0 unspecified atom stereocenters. The summed E-state index contributed by atoms with van der Waals surface area (Å²) in [5, 5.41) is 15.2. The molecule has 0 aliphatic rings. The molecule has 0 atom stereocenters. The molecule has 6 nitrogen and oxygen atoms in total. The van der Waals surface area contributed by atoms with Gasteiger partial charge < -0.3 is 19.9 Å². The van der Waals surface area contributed by atoms with Gasteiger partial charge in [0.2, 0.25) is 0 Å². The molecule has 126 valence electrons. The maximum absolute atomic E-state index is 12.5. The normalized spacial score (nSPS) is 9.96. The van der Waals surface area contributed by atoms with Crippen molar-refractivity contribution in [3.05, 3.63) is 47.5 Å². The minimum Gasteiger partial charge on any atom is -0.506 e. The van der Waals surface area contributed by atoms with Crippen LogP contribution in [0.3, 0.4) is 0 Å². The summed E-state index contributed by atoms with van der Waals surface area (Å²) in [6, 6.07) is 10.1. The Labute approximate surface area is 145 Å². The number of rotatable bonds is 4. The van der Waals surface area contributed by atoms with Gasteiger partial charge in [0.25, 0.3) is 5.91 Å². The van der Waals surface area contributed by atoms with Gasteiger partial charge in [0.05, 0.1) is 19.9 Å². The number of hydrogen-bond acceptors (Lipinski definition) is 5. The number of ether oxygens (including phenoxy) is 2. The summed E-state index contributed by atoms with van der Waals surface area (Å²) in [5.74, 6) is 0.294. The standard InChI is InChI=1S/C17H18N2O4S/c1-10-7-8-12(20)11(9-10)18-17(24)19-16(21)15-13(22-2)5-4-6-14(15)23-3/h4-9,20H,1-3H3,(H2,18,19,21,24). The molecule has 0 radical (unpaired) electrons. The number of anilines is 1. The molecule has 3 N–H and O–H groups in total. The van der Waals surface area contributed by atoms with E-state index in [4.69, 9.17) is 21.7 Å². The Morgan fingerprint density at radius 1 is 1.12 bits per heavy atom. The molecule has 0 aliphatic carbocycles. The molecule has 0 fully saturated rings. The van der Waals surface area contributed by atoms with Gasteiger partial charge in [-0.25, -0.2) is 0 Å². The van der Waals surface area contributed by atoms with E-state index in [2.05, 4.69) is 10.6 Å². The van der Waals surface area contributed by atoms with Crippen molar-refractivity contribution >= 4 is 28.9 Å². The number of phenols is 1. The second kappa shape index (κ2) is 7.65. The molecule has 0 saturated carbocycles. The van der Waals surface area contributed by atoms with E-state index in [1.165, 1.54) is 14.2 Å². The molecule has 2 rings (SSSR count). The first kappa shape index (κ1) is 17.6. The van der Waals surface area contributed by atoms with Gasteiger partial charge in [-0.2, -0.15) is 0 Å². The van der Waals surface area contributed by atoms with E-state index in [1.54, 1.807) is 36.4 Å². The van der Waals surface area contributed by atoms with Gasteiger partial charge in [0.15, 0.2) is 5.11 Å². The summed E-state index contributed by atoms with van der Waals surface area (Å²) in [4.78, 5) is 12.5. The average Bonchev–Trinajstić information content (AvgIpc) is 2.57. The Morgan fingerprint density at radius 3 is 2.33 bits per heavy atom. The second-order valence-electron chi connectivity index (χ2n) is 4.97. The molecule has 0 bridgehead atoms. The largest absolute Gasteiger partial charge is 0.506 e. The number of amides is 1. The lowest BCUT2D eigenvalue weighted by molar-refractivity contribution is 0.0971. The zero-order valence-corrected chi connectivity index (χ0v) is 14.4. The monoisotopic (exact) mass is 346 g/mol. The number of hydrogen-bond donors (Lipinski definition) is 3. The van der Waals surface area contributed by atoms with Crippen LogP contribution in [0.25, 0.3) is 0 Å². The first-order valence-corrected chi connectivity index (χ1v) is 7.50. The van der Waals surface area contributed by atoms with Crippen molar-refractivity contribution in [2.75, 3.05) is 19.5 Å². The van der Waals surface area contributed by atoms with E-state index in [1.807, 2.05) is 6.92 Å². The summed E-state index contributed by atoms with van der Waals surface area (Å²) in [6.07, 6.45) is 0. The summed E-state index contributed by atoms with van der Waals surface area (Å²) in [7, 11) is 2.93. The minimum absolute atomic E-state index is 0.0343. The van der Waals surface area contributed by atoms with E-state index in [0.717, 1.165) is 5.56 Å². The highest BCUT2D eigenvalue weighted by Crippen LogP contribution is 2.28. The summed E-state index contributed by atoms with van der Waals surface area (Å²) < 4.78 is 10.4. The van der Waals surface area contributed by atoms with Crippen molar-refractivity contribution in [1.29, 1.82) is 0 Å². The maximum atomic E-state index is 12.5. The van der Waals surface area contributed by atoms with Gasteiger partial charge >= 0.3 is 0 Å². The van der Waals surface area contributed by atoms with Crippen molar-refractivity contribution in [1.82, 2.24) is 5.32 Å². The molecule has 24 heavy (non-hydrogen) atoms. The van der Waals surface area contributed by atoms with E-state index in [0.29, 0.717) is 17.2 Å². The van der Waals surface area contributed by atoms with Gasteiger partial charge in [-0.05, 0) is 49.0 Å². The molecule has 7 heteroatoms. The first-order chi connectivity index (χ1) is 11.5. The van der Waals surface area contributed by atoms with Gasteiger partial charge in [-0.1, -0.05) is 12.1 Å². The number of carbonyl (C=O) groups excluding carboxylic acids is 1. The quantitative estimate of drug-likeness (QED) is 0.584. The smallest absolute Gasteiger partial charge is 0.264 e. The lowest BCUT2D eigenvalue weighted by Crippen LogP contribution is -2.34. The summed E-state index contributed by atoms with van der Waals surface area (Å²) >= 11 is 5.14. The molecule has 1 amide bonds. The number of nitrogens with one attached hydrogen (secondary N) is 2. The number of methoxy groups -OCH3 is 2. The number of thiocarbonyl (C=S) groups is 1. The molecular formula is C17H18N2O4S. The number of phenolic OH excluding ortho intramolecular Hbond substituents is 1. The van der Waals surface area contributed by atoms with Gasteiger partial charge in [-0.3, -0.25) is 10.1 Å². The SMILES string of the molecule is COc1cccc(OC)c1C(=O)NC(=S)Nc1cc(C)ccc1O. The lowest BCUT2D eigenvalue weighted by atomic mass is 10.1. The van der Waals surface area contributed by atoms with Crippen LogP contribution in [0.15, 0.2) is 36.4 Å². The van der Waals surface area contributed by atoms with E-state index in [-0.39, 0.29) is 16.4 Å². The Morgan fingerprint density at radius 2 is 1.75 bits per heavy atom. The third kappa shape index (κ3) is 3.94. The maximum Gasteiger partial charge on any atom is 0.264 e. The predicted octanol–water partition coefficient (Wildman–Crippen LogP) is 2.84. The Bertz CT molecular complexity index is 755. The van der Waals surface area contributed by atoms with Crippen molar-refractivity contribution in [2.24, 2.45) is 0 Å².